The zero-order valence-electron chi connectivity index (χ0n) is 23.8. The number of nitrogens with zero attached hydrogens (tertiary/aromatic N) is 1. The molecule has 0 spiro atoms. The number of hydrogen-bond acceptors (Lipinski definition) is 5. The van der Waals surface area contributed by atoms with E-state index in [1.54, 1.807) is 18.9 Å². The number of fused-ring (bicyclic) bond motifs is 1. The van der Waals surface area contributed by atoms with Crippen molar-refractivity contribution in [2.75, 3.05) is 20.3 Å². The van der Waals surface area contributed by atoms with E-state index < -0.39 is 17.3 Å². The third kappa shape index (κ3) is 6.75. The number of esters is 1. The highest BCUT2D eigenvalue weighted by Crippen LogP contribution is 2.53. The highest BCUT2D eigenvalue weighted by molar-refractivity contribution is 5.98. The molecule has 1 aliphatic carbocycles. The molecule has 2 amide bonds. The Hall–Kier alpha value is -3.61. The molecular formula is C33H42N2O5. The summed E-state index contributed by atoms with van der Waals surface area (Å²) in [5.74, 6) is -0.834. The predicted molar refractivity (Wildman–Crippen MR) is 154 cm³/mol. The molecule has 2 atom stereocenters. The molecular weight excluding hydrogens is 504 g/mol. The summed E-state index contributed by atoms with van der Waals surface area (Å²) in [5.41, 5.74) is 1.76. The molecule has 0 unspecified atom stereocenters. The van der Waals surface area contributed by atoms with E-state index in [1.165, 1.54) is 5.56 Å². The van der Waals surface area contributed by atoms with Crippen LogP contribution in [-0.4, -0.2) is 42.9 Å². The van der Waals surface area contributed by atoms with E-state index >= 15 is 0 Å². The molecule has 2 aromatic rings. The number of hydrogen-bond donors (Lipinski definition) is 1. The zero-order valence-corrected chi connectivity index (χ0v) is 23.8. The van der Waals surface area contributed by atoms with E-state index in [4.69, 9.17) is 9.47 Å². The topological polar surface area (TPSA) is 84.9 Å². The highest BCUT2D eigenvalue weighted by Gasteiger charge is 2.61. The van der Waals surface area contributed by atoms with Crippen LogP contribution in [-0.2, 0) is 32.1 Å². The molecule has 1 heterocycles. The van der Waals surface area contributed by atoms with Crippen LogP contribution in [0, 0.1) is 11.3 Å². The highest BCUT2D eigenvalue weighted by atomic mass is 16.5. The summed E-state index contributed by atoms with van der Waals surface area (Å²) in [7, 11) is 1.62. The SMILES string of the molecule is CCOC(=O)[C@]12CCCCC/C=C\1N(Cc1ccc(OC)cc1)C(=O)[C@H]2CC(=O)NCCCCc1ccccc1. The monoisotopic (exact) mass is 546 g/mol. The number of aryl methyl sites for hydroxylation is 1. The van der Waals surface area contributed by atoms with Crippen molar-refractivity contribution in [2.45, 2.75) is 71.3 Å². The lowest BCUT2D eigenvalue weighted by molar-refractivity contribution is -0.158. The van der Waals surface area contributed by atoms with Crippen molar-refractivity contribution in [1.82, 2.24) is 10.2 Å². The summed E-state index contributed by atoms with van der Waals surface area (Å²) in [6.45, 7) is 2.87. The second-order valence-corrected chi connectivity index (χ2v) is 10.7. The average molecular weight is 547 g/mol. The van der Waals surface area contributed by atoms with Gasteiger partial charge in [-0.25, -0.2) is 0 Å². The predicted octanol–water partition coefficient (Wildman–Crippen LogP) is 5.58. The second-order valence-electron chi connectivity index (χ2n) is 10.7. The number of likely N-dealkylation sites (tertiary alicyclic amines) is 1. The number of ether oxygens (including phenoxy) is 2. The van der Waals surface area contributed by atoms with Gasteiger partial charge in [0, 0.05) is 18.7 Å². The third-order valence-corrected chi connectivity index (χ3v) is 8.11. The average Bonchev–Trinajstić information content (AvgIpc) is 3.15. The van der Waals surface area contributed by atoms with Crippen LogP contribution in [0.1, 0.15) is 69.4 Å². The lowest BCUT2D eigenvalue weighted by Crippen LogP contribution is -2.42. The third-order valence-electron chi connectivity index (χ3n) is 8.11. The van der Waals surface area contributed by atoms with E-state index in [2.05, 4.69) is 17.4 Å². The largest absolute Gasteiger partial charge is 0.497 e. The lowest BCUT2D eigenvalue weighted by Gasteiger charge is -2.34. The minimum absolute atomic E-state index is 0.0349. The fraction of sp³-hybridized carbons (Fsp3) is 0.485. The summed E-state index contributed by atoms with van der Waals surface area (Å²) in [4.78, 5) is 42.7. The van der Waals surface area contributed by atoms with Crippen LogP contribution in [0.3, 0.4) is 0 Å². The summed E-state index contributed by atoms with van der Waals surface area (Å²) in [6, 6.07) is 17.9. The van der Waals surface area contributed by atoms with Gasteiger partial charge in [-0.3, -0.25) is 14.4 Å². The van der Waals surface area contributed by atoms with E-state index in [9.17, 15) is 14.4 Å². The van der Waals surface area contributed by atoms with Gasteiger partial charge in [-0.15, -0.1) is 0 Å². The van der Waals surface area contributed by atoms with Crippen molar-refractivity contribution in [1.29, 1.82) is 0 Å². The molecule has 40 heavy (non-hydrogen) atoms. The Morgan fingerprint density at radius 3 is 2.50 bits per heavy atom. The molecule has 1 aliphatic heterocycles. The van der Waals surface area contributed by atoms with Crippen molar-refractivity contribution < 1.29 is 23.9 Å². The quantitative estimate of drug-likeness (QED) is 0.278. The summed E-state index contributed by atoms with van der Waals surface area (Å²) in [6.07, 6.45) is 8.82. The first-order valence-electron chi connectivity index (χ1n) is 14.6. The maximum Gasteiger partial charge on any atom is 0.318 e. The van der Waals surface area contributed by atoms with Crippen molar-refractivity contribution in [3.8, 4) is 5.75 Å². The van der Waals surface area contributed by atoms with Crippen LogP contribution in [0.4, 0.5) is 0 Å². The van der Waals surface area contributed by atoms with Gasteiger partial charge in [-0.05, 0) is 68.7 Å². The van der Waals surface area contributed by atoms with Gasteiger partial charge < -0.3 is 19.7 Å². The van der Waals surface area contributed by atoms with Crippen LogP contribution >= 0.6 is 0 Å². The van der Waals surface area contributed by atoms with Gasteiger partial charge in [0.1, 0.15) is 11.2 Å². The number of carbonyl (C=O) groups is 3. The fourth-order valence-electron chi connectivity index (χ4n) is 6.03. The maximum absolute atomic E-state index is 14.1. The van der Waals surface area contributed by atoms with Gasteiger partial charge in [-0.1, -0.05) is 61.4 Å². The van der Waals surface area contributed by atoms with Gasteiger partial charge in [0.05, 0.1) is 26.2 Å². The maximum atomic E-state index is 14.1. The van der Waals surface area contributed by atoms with E-state index in [0.29, 0.717) is 25.2 Å². The van der Waals surface area contributed by atoms with Crippen molar-refractivity contribution in [2.24, 2.45) is 11.3 Å². The van der Waals surface area contributed by atoms with Gasteiger partial charge >= 0.3 is 5.97 Å². The molecule has 2 aliphatic rings. The second kappa shape index (κ2) is 14.1. The molecule has 0 saturated carbocycles. The van der Waals surface area contributed by atoms with Gasteiger partial charge in [0.25, 0.3) is 0 Å². The Bertz CT molecular complexity index is 1180. The van der Waals surface area contributed by atoms with E-state index in [-0.39, 0.29) is 24.8 Å². The normalized spacial score (nSPS) is 21.9. The van der Waals surface area contributed by atoms with Crippen LogP contribution in [0.5, 0.6) is 5.75 Å². The minimum Gasteiger partial charge on any atom is -0.497 e. The minimum atomic E-state index is -1.15. The number of methoxy groups -OCH3 is 1. The Balaban J connectivity index is 1.52. The van der Waals surface area contributed by atoms with Gasteiger partial charge in [0.2, 0.25) is 11.8 Å². The number of unbranched alkanes of at least 4 members (excludes halogenated alkanes) is 1. The summed E-state index contributed by atoms with van der Waals surface area (Å²) in [5, 5.41) is 3.01. The first-order chi connectivity index (χ1) is 19.5. The zero-order chi connectivity index (χ0) is 28.4. The Labute approximate surface area is 237 Å². The number of amides is 2. The molecule has 2 aromatic carbocycles. The van der Waals surface area contributed by atoms with Crippen molar-refractivity contribution >= 4 is 17.8 Å². The molecule has 1 fully saturated rings. The summed E-state index contributed by atoms with van der Waals surface area (Å²) < 4.78 is 10.9. The van der Waals surface area contributed by atoms with E-state index in [1.807, 2.05) is 48.5 Å². The molecule has 4 rings (SSSR count). The molecule has 1 saturated heterocycles. The van der Waals surface area contributed by atoms with Gasteiger partial charge in [-0.2, -0.15) is 0 Å². The number of carbonyl (C=O) groups excluding carboxylic acids is 3. The molecule has 0 bridgehead atoms. The Kier molecular flexibility index (Phi) is 10.4. The smallest absolute Gasteiger partial charge is 0.318 e. The molecule has 0 radical (unpaired) electrons. The van der Waals surface area contributed by atoms with Crippen molar-refractivity contribution in [3.63, 3.8) is 0 Å². The van der Waals surface area contributed by atoms with Crippen molar-refractivity contribution in [3.05, 3.63) is 77.5 Å². The molecule has 7 heteroatoms. The number of allylic oxidation sites excluding steroid dienone is 1. The fourth-order valence-corrected chi connectivity index (χ4v) is 6.03. The lowest BCUT2D eigenvalue weighted by atomic mass is 9.69. The van der Waals surface area contributed by atoms with Crippen LogP contribution in [0.2, 0.25) is 0 Å². The van der Waals surface area contributed by atoms with Crippen LogP contribution in [0.15, 0.2) is 66.4 Å². The molecule has 1 N–H and O–H groups in total. The number of benzene rings is 2. The van der Waals surface area contributed by atoms with E-state index in [0.717, 1.165) is 56.3 Å². The standard InChI is InChI=1S/C33H42N2O5/c1-3-40-32(38)33-21-11-5-4-9-16-29(33)35(24-26-17-19-27(39-2)20-18-26)31(37)28(33)23-30(36)34-22-12-10-15-25-13-7-6-8-14-25/h6-8,13-14,16-20,28H,3-5,9-12,15,21-24H2,1-2H3,(H,34,36)/b29-16+/t28-,33+/m1/s1. The van der Waals surface area contributed by atoms with Crippen LogP contribution in [0.25, 0.3) is 0 Å². The first kappa shape index (κ1) is 29.4. The first-order valence-corrected chi connectivity index (χ1v) is 14.6. The molecule has 0 aromatic heterocycles. The van der Waals surface area contributed by atoms with Gasteiger partial charge in [0.15, 0.2) is 0 Å². The molecule has 214 valence electrons. The summed E-state index contributed by atoms with van der Waals surface area (Å²) >= 11 is 0. The van der Waals surface area contributed by atoms with Crippen LogP contribution < -0.4 is 10.1 Å². The number of nitrogens with one attached hydrogen (secondary N) is 1. The number of rotatable bonds is 12. The Morgan fingerprint density at radius 1 is 1.00 bits per heavy atom. The Morgan fingerprint density at radius 2 is 1.77 bits per heavy atom. The molecule has 7 nitrogen and oxygen atoms in total.